The number of alkyl halides is 3. The Hall–Kier alpha value is -1.65. The first-order chi connectivity index (χ1) is 14.0. The minimum absolute atomic E-state index is 0.121. The molecule has 0 radical (unpaired) electrons. The van der Waals surface area contributed by atoms with Gasteiger partial charge in [0.05, 0.1) is 10.5 Å². The van der Waals surface area contributed by atoms with Crippen molar-refractivity contribution in [2.24, 2.45) is 0 Å². The molecule has 2 aliphatic heterocycles. The number of likely N-dealkylation sites (tertiary alicyclic amines) is 1. The highest BCUT2D eigenvalue weighted by Crippen LogP contribution is 2.34. The zero-order valence-electron chi connectivity index (χ0n) is 17.3. The van der Waals surface area contributed by atoms with Gasteiger partial charge in [0.25, 0.3) is 0 Å². The fraction of sp³-hybridized carbons (Fsp3) is 0.650. The molecule has 1 amide bonds. The molecule has 0 spiro atoms. The molecule has 1 aromatic carbocycles. The van der Waals surface area contributed by atoms with Gasteiger partial charge in [-0.05, 0) is 31.0 Å². The van der Waals surface area contributed by atoms with Crippen LogP contribution in [0, 0.1) is 0 Å². The summed E-state index contributed by atoms with van der Waals surface area (Å²) in [4.78, 5) is 15.9. The lowest BCUT2D eigenvalue weighted by Crippen LogP contribution is -2.58. The Bertz CT molecular complexity index is 883. The molecule has 0 saturated carbocycles. The average molecular weight is 448 g/mol. The molecule has 0 N–H and O–H groups in total. The number of rotatable bonds is 5. The molecule has 1 atom stereocenters. The van der Waals surface area contributed by atoms with Crippen LogP contribution in [-0.2, 0) is 21.0 Å². The summed E-state index contributed by atoms with van der Waals surface area (Å²) < 4.78 is 66.0. The van der Waals surface area contributed by atoms with E-state index in [-0.39, 0.29) is 29.4 Å². The molecule has 2 aliphatic rings. The van der Waals surface area contributed by atoms with Gasteiger partial charge in [-0.2, -0.15) is 17.5 Å². The highest BCUT2D eigenvalue weighted by molar-refractivity contribution is 7.89. The number of hydrogen-bond donors (Lipinski definition) is 0. The van der Waals surface area contributed by atoms with Crippen LogP contribution in [0.2, 0.25) is 0 Å². The van der Waals surface area contributed by atoms with Gasteiger partial charge >= 0.3 is 6.18 Å². The van der Waals surface area contributed by atoms with Crippen molar-refractivity contribution >= 4 is 15.9 Å². The quantitative estimate of drug-likeness (QED) is 0.697. The monoisotopic (exact) mass is 447 g/mol. The lowest BCUT2D eigenvalue weighted by atomic mass is 9.92. The Balaban J connectivity index is 1.71. The van der Waals surface area contributed by atoms with E-state index in [0.717, 1.165) is 25.0 Å². The summed E-state index contributed by atoms with van der Waals surface area (Å²) in [7, 11) is -4.00. The zero-order valence-corrected chi connectivity index (χ0v) is 18.1. The molecule has 6 nitrogen and oxygen atoms in total. The first-order valence-electron chi connectivity index (χ1n) is 10.2. The first kappa shape index (κ1) is 23.0. The van der Waals surface area contributed by atoms with E-state index in [2.05, 4.69) is 11.8 Å². The van der Waals surface area contributed by atoms with E-state index in [4.69, 9.17) is 0 Å². The summed E-state index contributed by atoms with van der Waals surface area (Å²) in [5.41, 5.74) is -1.14. The normalized spacial score (nSPS) is 24.4. The lowest BCUT2D eigenvalue weighted by Gasteiger charge is -2.45. The molecule has 2 saturated heterocycles. The second-order valence-corrected chi connectivity index (χ2v) is 9.85. The van der Waals surface area contributed by atoms with E-state index in [1.807, 2.05) is 11.8 Å². The topological polar surface area (TPSA) is 60.9 Å². The van der Waals surface area contributed by atoms with E-state index in [1.54, 1.807) is 0 Å². The summed E-state index contributed by atoms with van der Waals surface area (Å²) in [5.74, 6) is 0.121. The van der Waals surface area contributed by atoms with Crippen molar-refractivity contribution in [2.75, 3.05) is 39.3 Å². The number of halogens is 3. The second kappa shape index (κ2) is 8.47. The van der Waals surface area contributed by atoms with Crippen LogP contribution in [0.1, 0.15) is 38.7 Å². The second-order valence-electron chi connectivity index (χ2n) is 7.91. The Morgan fingerprint density at radius 2 is 1.77 bits per heavy atom. The van der Waals surface area contributed by atoms with Gasteiger partial charge in [-0.15, -0.1) is 0 Å². The third kappa shape index (κ3) is 4.36. The number of hydrogen-bond acceptors (Lipinski definition) is 4. The molecular weight excluding hydrogens is 419 g/mol. The number of carbonyl (C=O) groups excluding carboxylic acids is 1. The molecule has 3 rings (SSSR count). The number of piperazine rings is 1. The van der Waals surface area contributed by atoms with E-state index >= 15 is 0 Å². The average Bonchev–Trinajstić information content (AvgIpc) is 3.19. The molecule has 2 fully saturated rings. The van der Waals surface area contributed by atoms with Gasteiger partial charge in [-0.1, -0.05) is 19.9 Å². The predicted molar refractivity (Wildman–Crippen MR) is 106 cm³/mol. The number of amides is 1. The van der Waals surface area contributed by atoms with Crippen LogP contribution in [0.3, 0.4) is 0 Å². The standard InChI is InChI=1S/C20H28F3N3O3S/c1-3-18(27)24-9-8-19(4-2,15-24)25-10-12-26(13-11-25)30(28,29)17-7-5-6-16(14-17)20(21,22)23/h5-7,14H,3-4,8-13,15H2,1-2H3/t19-/m0/s1. The van der Waals surface area contributed by atoms with Gasteiger partial charge < -0.3 is 4.90 Å². The van der Waals surface area contributed by atoms with Crippen LogP contribution in [0.5, 0.6) is 0 Å². The number of sulfonamides is 1. The molecule has 10 heteroatoms. The smallest absolute Gasteiger partial charge is 0.341 e. The maximum absolute atomic E-state index is 13.0. The van der Waals surface area contributed by atoms with Crippen LogP contribution < -0.4 is 0 Å². The molecule has 1 aromatic rings. The maximum atomic E-state index is 13.0. The van der Waals surface area contributed by atoms with E-state index in [1.165, 1.54) is 10.4 Å². The van der Waals surface area contributed by atoms with Crippen LogP contribution in [0.15, 0.2) is 29.2 Å². The first-order valence-corrected chi connectivity index (χ1v) is 11.7. The highest BCUT2D eigenvalue weighted by atomic mass is 32.2. The molecule has 2 heterocycles. The Morgan fingerprint density at radius 1 is 1.10 bits per heavy atom. The van der Waals surface area contributed by atoms with Crippen LogP contribution in [0.4, 0.5) is 13.2 Å². The van der Waals surface area contributed by atoms with Crippen LogP contribution in [0.25, 0.3) is 0 Å². The Morgan fingerprint density at radius 3 is 2.33 bits per heavy atom. The van der Waals surface area contributed by atoms with E-state index in [0.29, 0.717) is 38.7 Å². The third-order valence-corrected chi connectivity index (χ3v) is 8.25. The van der Waals surface area contributed by atoms with Crippen molar-refractivity contribution in [3.8, 4) is 0 Å². The third-order valence-electron chi connectivity index (χ3n) is 6.35. The Kier molecular flexibility index (Phi) is 6.50. The van der Waals surface area contributed by atoms with Gasteiger partial charge in [-0.3, -0.25) is 9.69 Å². The highest BCUT2D eigenvalue weighted by Gasteiger charge is 2.44. The summed E-state index contributed by atoms with van der Waals surface area (Å²) >= 11 is 0. The van der Waals surface area contributed by atoms with Gasteiger partial charge in [0, 0.05) is 51.2 Å². The van der Waals surface area contributed by atoms with Gasteiger partial charge in [-0.25, -0.2) is 8.42 Å². The van der Waals surface area contributed by atoms with Gasteiger partial charge in [0.1, 0.15) is 0 Å². The van der Waals surface area contributed by atoms with Crippen molar-refractivity contribution in [1.82, 2.24) is 14.1 Å². The van der Waals surface area contributed by atoms with Gasteiger partial charge in [0.2, 0.25) is 15.9 Å². The molecule has 0 bridgehead atoms. The number of nitrogens with zero attached hydrogens (tertiary/aromatic N) is 3. The summed E-state index contributed by atoms with van der Waals surface area (Å²) in [6.07, 6.45) is -2.44. The lowest BCUT2D eigenvalue weighted by molar-refractivity contribution is -0.137. The number of benzene rings is 1. The van der Waals surface area contributed by atoms with E-state index < -0.39 is 21.8 Å². The predicted octanol–water partition coefficient (Wildman–Crippen LogP) is 2.80. The zero-order chi connectivity index (χ0) is 22.2. The summed E-state index contributed by atoms with van der Waals surface area (Å²) in [5, 5.41) is 0. The van der Waals surface area contributed by atoms with Crippen molar-refractivity contribution in [2.45, 2.75) is 49.7 Å². The molecule has 30 heavy (non-hydrogen) atoms. The molecular formula is C20H28F3N3O3S. The van der Waals surface area contributed by atoms with Crippen molar-refractivity contribution in [1.29, 1.82) is 0 Å². The maximum Gasteiger partial charge on any atom is 0.416 e. The van der Waals surface area contributed by atoms with Crippen LogP contribution in [-0.4, -0.2) is 73.2 Å². The largest absolute Gasteiger partial charge is 0.416 e. The van der Waals surface area contributed by atoms with Crippen molar-refractivity contribution in [3.63, 3.8) is 0 Å². The molecule has 0 aliphatic carbocycles. The molecule has 0 unspecified atom stereocenters. The SMILES string of the molecule is CCC(=O)N1CC[C@](CC)(N2CCN(S(=O)(=O)c3cccc(C(F)(F)F)c3)CC2)C1. The fourth-order valence-electron chi connectivity index (χ4n) is 4.45. The number of carbonyl (C=O) groups is 1. The van der Waals surface area contributed by atoms with E-state index in [9.17, 15) is 26.4 Å². The van der Waals surface area contributed by atoms with Crippen molar-refractivity contribution in [3.05, 3.63) is 29.8 Å². The van der Waals surface area contributed by atoms with Crippen molar-refractivity contribution < 1.29 is 26.4 Å². The fourth-order valence-corrected chi connectivity index (χ4v) is 5.92. The minimum atomic E-state index is -4.60. The molecule has 168 valence electrons. The molecule has 0 aromatic heterocycles. The van der Waals surface area contributed by atoms with Crippen LogP contribution >= 0.6 is 0 Å². The van der Waals surface area contributed by atoms with Gasteiger partial charge in [0.15, 0.2) is 0 Å². The summed E-state index contributed by atoms with van der Waals surface area (Å²) in [6.45, 7) is 6.64. The minimum Gasteiger partial charge on any atom is -0.341 e. The Labute approximate surface area is 175 Å². The summed E-state index contributed by atoms with van der Waals surface area (Å²) in [6, 6.07) is 3.89.